The van der Waals surface area contributed by atoms with Crippen molar-refractivity contribution in [3.05, 3.63) is 0 Å². The minimum Gasteiger partial charge on any atom is -0.309 e. The van der Waals surface area contributed by atoms with Crippen LogP contribution in [-0.2, 0) is 0 Å². The van der Waals surface area contributed by atoms with E-state index in [0.717, 1.165) is 12.5 Å². The lowest BCUT2D eigenvalue weighted by atomic mass is 9.91. The van der Waals surface area contributed by atoms with Crippen LogP contribution >= 0.6 is 11.8 Å². The third-order valence-electron chi connectivity index (χ3n) is 5.07. The summed E-state index contributed by atoms with van der Waals surface area (Å²) in [5, 5.41) is 3.73. The molecule has 2 nitrogen and oxygen atoms in total. The Hall–Kier alpha value is 0.270. The van der Waals surface area contributed by atoms with Gasteiger partial charge in [-0.25, -0.2) is 0 Å². The maximum absolute atomic E-state index is 3.73. The predicted octanol–water partition coefficient (Wildman–Crippen LogP) is 3.37. The standard InChI is InChI=1S/C16H32N2S/c1-13(2)14-10-17-15(3,4)11-18(14)12-16(19-5)8-6-7-9-16/h13-14,17H,6-12H2,1-5H3. The van der Waals surface area contributed by atoms with Gasteiger partial charge in [0.05, 0.1) is 0 Å². The summed E-state index contributed by atoms with van der Waals surface area (Å²) in [6.07, 6.45) is 8.03. The summed E-state index contributed by atoms with van der Waals surface area (Å²) in [7, 11) is 0. The lowest BCUT2D eigenvalue weighted by molar-refractivity contribution is 0.0609. The Labute approximate surface area is 124 Å². The molecule has 1 aliphatic carbocycles. The van der Waals surface area contributed by atoms with Crippen molar-refractivity contribution in [3.8, 4) is 0 Å². The highest BCUT2D eigenvalue weighted by atomic mass is 32.2. The zero-order valence-electron chi connectivity index (χ0n) is 13.5. The van der Waals surface area contributed by atoms with Gasteiger partial charge in [-0.1, -0.05) is 26.7 Å². The van der Waals surface area contributed by atoms with Gasteiger partial charge in [-0.3, -0.25) is 4.90 Å². The van der Waals surface area contributed by atoms with Crippen LogP contribution in [0.5, 0.6) is 0 Å². The van der Waals surface area contributed by atoms with Crippen LogP contribution in [0.3, 0.4) is 0 Å². The molecule has 2 fully saturated rings. The normalized spacial score (nSPS) is 30.9. The molecule has 0 radical (unpaired) electrons. The van der Waals surface area contributed by atoms with Gasteiger partial charge in [0.2, 0.25) is 0 Å². The van der Waals surface area contributed by atoms with Crippen molar-refractivity contribution in [3.63, 3.8) is 0 Å². The monoisotopic (exact) mass is 284 g/mol. The highest BCUT2D eigenvalue weighted by Crippen LogP contribution is 2.41. The Morgan fingerprint density at radius 2 is 1.89 bits per heavy atom. The topological polar surface area (TPSA) is 15.3 Å². The molecule has 1 saturated heterocycles. The van der Waals surface area contributed by atoms with Gasteiger partial charge in [-0.05, 0) is 38.9 Å². The molecule has 1 saturated carbocycles. The van der Waals surface area contributed by atoms with E-state index < -0.39 is 0 Å². The van der Waals surface area contributed by atoms with Crippen LogP contribution in [0, 0.1) is 5.92 Å². The molecule has 1 unspecified atom stereocenters. The average molecular weight is 285 g/mol. The van der Waals surface area contributed by atoms with Crippen molar-refractivity contribution in [2.24, 2.45) is 5.92 Å². The zero-order valence-corrected chi connectivity index (χ0v) is 14.3. The van der Waals surface area contributed by atoms with Crippen LogP contribution in [0.2, 0.25) is 0 Å². The van der Waals surface area contributed by atoms with Gasteiger partial charge in [0.25, 0.3) is 0 Å². The lowest BCUT2D eigenvalue weighted by Gasteiger charge is -2.49. The number of piperazine rings is 1. The van der Waals surface area contributed by atoms with E-state index in [0.29, 0.717) is 10.8 Å². The Morgan fingerprint density at radius 3 is 2.42 bits per heavy atom. The van der Waals surface area contributed by atoms with Crippen LogP contribution < -0.4 is 5.32 Å². The minimum atomic E-state index is 0.267. The number of hydrogen-bond donors (Lipinski definition) is 1. The molecule has 19 heavy (non-hydrogen) atoms. The Balaban J connectivity index is 2.09. The van der Waals surface area contributed by atoms with Crippen molar-refractivity contribution >= 4 is 11.8 Å². The summed E-state index contributed by atoms with van der Waals surface area (Å²) in [6.45, 7) is 13.1. The molecule has 0 amide bonds. The van der Waals surface area contributed by atoms with Gasteiger partial charge in [0.1, 0.15) is 0 Å². The van der Waals surface area contributed by atoms with E-state index in [1.54, 1.807) is 0 Å². The Morgan fingerprint density at radius 1 is 1.26 bits per heavy atom. The molecule has 1 heterocycles. The van der Waals surface area contributed by atoms with Crippen molar-refractivity contribution in [1.82, 2.24) is 10.2 Å². The van der Waals surface area contributed by atoms with E-state index in [1.165, 1.54) is 38.8 Å². The van der Waals surface area contributed by atoms with E-state index in [2.05, 4.69) is 55.9 Å². The largest absolute Gasteiger partial charge is 0.309 e. The molecule has 1 N–H and O–H groups in total. The van der Waals surface area contributed by atoms with Crippen LogP contribution in [0.1, 0.15) is 53.4 Å². The summed E-state index contributed by atoms with van der Waals surface area (Å²) < 4.78 is 0.542. The fraction of sp³-hybridized carbons (Fsp3) is 1.00. The minimum absolute atomic E-state index is 0.267. The molecule has 2 rings (SSSR count). The fourth-order valence-electron chi connectivity index (χ4n) is 3.84. The highest BCUT2D eigenvalue weighted by molar-refractivity contribution is 8.00. The molecule has 0 spiro atoms. The Kier molecular flexibility index (Phi) is 4.90. The third kappa shape index (κ3) is 3.68. The van der Waals surface area contributed by atoms with Crippen LogP contribution in [0.25, 0.3) is 0 Å². The van der Waals surface area contributed by atoms with E-state index >= 15 is 0 Å². The molecule has 1 aliphatic heterocycles. The van der Waals surface area contributed by atoms with Crippen LogP contribution in [-0.4, -0.2) is 47.1 Å². The second kappa shape index (κ2) is 5.95. The van der Waals surface area contributed by atoms with Gasteiger partial charge in [0.15, 0.2) is 0 Å². The molecule has 0 aromatic carbocycles. The zero-order chi connectivity index (χ0) is 14.1. The molecule has 3 heteroatoms. The Bertz CT molecular complexity index is 295. The number of thioether (sulfide) groups is 1. The maximum Gasteiger partial charge on any atom is 0.0284 e. The molecule has 0 aromatic heterocycles. The quantitative estimate of drug-likeness (QED) is 0.852. The van der Waals surface area contributed by atoms with Crippen molar-refractivity contribution < 1.29 is 0 Å². The number of nitrogens with zero attached hydrogens (tertiary/aromatic N) is 1. The number of hydrogen-bond acceptors (Lipinski definition) is 3. The van der Waals surface area contributed by atoms with Gasteiger partial charge < -0.3 is 5.32 Å². The molecule has 2 aliphatic rings. The van der Waals surface area contributed by atoms with Gasteiger partial charge in [0, 0.05) is 36.0 Å². The van der Waals surface area contributed by atoms with E-state index in [1.807, 2.05) is 0 Å². The summed E-state index contributed by atoms with van der Waals surface area (Å²) in [4.78, 5) is 2.79. The van der Waals surface area contributed by atoms with Gasteiger partial charge in [-0.15, -0.1) is 0 Å². The average Bonchev–Trinajstić information content (AvgIpc) is 2.76. The maximum atomic E-state index is 3.73. The number of rotatable bonds is 4. The van der Waals surface area contributed by atoms with E-state index in [4.69, 9.17) is 0 Å². The van der Waals surface area contributed by atoms with Crippen molar-refractivity contribution in [2.75, 3.05) is 25.9 Å². The van der Waals surface area contributed by atoms with E-state index in [-0.39, 0.29) is 5.54 Å². The third-order valence-corrected chi connectivity index (χ3v) is 6.47. The second-order valence-electron chi connectivity index (χ2n) is 7.58. The first kappa shape index (κ1) is 15.7. The molecular formula is C16H32N2S. The summed E-state index contributed by atoms with van der Waals surface area (Å²) in [5.74, 6) is 0.740. The molecule has 0 bridgehead atoms. The first-order valence-corrected chi connectivity index (χ1v) is 9.14. The second-order valence-corrected chi connectivity index (χ2v) is 8.85. The van der Waals surface area contributed by atoms with Gasteiger partial charge in [-0.2, -0.15) is 11.8 Å². The summed E-state index contributed by atoms with van der Waals surface area (Å²) in [5.41, 5.74) is 0.267. The SMILES string of the molecule is CSC1(CN2CC(C)(C)NCC2C(C)C)CCCC1. The summed E-state index contributed by atoms with van der Waals surface area (Å²) >= 11 is 2.13. The van der Waals surface area contributed by atoms with Crippen molar-refractivity contribution in [2.45, 2.75) is 69.7 Å². The first-order chi connectivity index (χ1) is 8.87. The molecular weight excluding hydrogens is 252 g/mol. The highest BCUT2D eigenvalue weighted by Gasteiger charge is 2.40. The molecule has 0 aromatic rings. The van der Waals surface area contributed by atoms with E-state index in [9.17, 15) is 0 Å². The fourth-order valence-corrected chi connectivity index (χ4v) is 4.83. The van der Waals surface area contributed by atoms with Crippen LogP contribution in [0.15, 0.2) is 0 Å². The molecule has 112 valence electrons. The molecule has 1 atom stereocenters. The van der Waals surface area contributed by atoms with Crippen LogP contribution in [0.4, 0.5) is 0 Å². The number of nitrogens with one attached hydrogen (secondary N) is 1. The smallest absolute Gasteiger partial charge is 0.0284 e. The summed E-state index contributed by atoms with van der Waals surface area (Å²) in [6, 6.07) is 0.706. The predicted molar refractivity (Wildman–Crippen MR) is 87.0 cm³/mol. The van der Waals surface area contributed by atoms with Crippen molar-refractivity contribution in [1.29, 1.82) is 0 Å². The lowest BCUT2D eigenvalue weighted by Crippen LogP contribution is -2.64. The first-order valence-electron chi connectivity index (χ1n) is 7.92. The van der Waals surface area contributed by atoms with Gasteiger partial charge >= 0.3 is 0 Å².